The van der Waals surface area contributed by atoms with E-state index in [0.717, 1.165) is 29.1 Å². The lowest BCUT2D eigenvalue weighted by Crippen LogP contribution is -2.33. The molecular formula is C12H16N4O2S2. The van der Waals surface area contributed by atoms with Crippen LogP contribution in [0.15, 0.2) is 17.3 Å². The molecule has 1 atom stereocenters. The van der Waals surface area contributed by atoms with Gasteiger partial charge in [-0.25, -0.2) is 22.8 Å². The van der Waals surface area contributed by atoms with E-state index in [4.69, 9.17) is 0 Å². The third-order valence-corrected chi connectivity index (χ3v) is 6.10. The Balaban J connectivity index is 1.91. The Morgan fingerprint density at radius 3 is 2.95 bits per heavy atom. The third-order valence-electron chi connectivity index (χ3n) is 3.40. The van der Waals surface area contributed by atoms with Gasteiger partial charge >= 0.3 is 0 Å². The predicted molar refractivity (Wildman–Crippen MR) is 76.1 cm³/mol. The zero-order chi connectivity index (χ0) is 14.3. The van der Waals surface area contributed by atoms with Crippen LogP contribution in [0.1, 0.15) is 34.5 Å². The van der Waals surface area contributed by atoms with Crippen molar-refractivity contribution in [3.8, 4) is 0 Å². The molecule has 3 heterocycles. The van der Waals surface area contributed by atoms with E-state index < -0.39 is 10.0 Å². The van der Waals surface area contributed by atoms with Crippen molar-refractivity contribution in [3.63, 3.8) is 0 Å². The van der Waals surface area contributed by atoms with Crippen LogP contribution in [0, 0.1) is 13.8 Å². The van der Waals surface area contributed by atoms with Gasteiger partial charge < -0.3 is 0 Å². The summed E-state index contributed by atoms with van der Waals surface area (Å²) in [6.07, 6.45) is 3.12. The molecule has 20 heavy (non-hydrogen) atoms. The van der Waals surface area contributed by atoms with Crippen LogP contribution >= 0.6 is 11.3 Å². The quantitative estimate of drug-likeness (QED) is 0.937. The molecule has 108 valence electrons. The van der Waals surface area contributed by atoms with E-state index in [9.17, 15) is 8.42 Å². The lowest BCUT2D eigenvalue weighted by molar-refractivity contribution is 0.400. The molecule has 0 radical (unpaired) electrons. The predicted octanol–water partition coefficient (Wildman–Crippen LogP) is 1.77. The van der Waals surface area contributed by atoms with Gasteiger partial charge in [-0.1, -0.05) is 0 Å². The number of hydrogen-bond acceptors (Lipinski definition) is 5. The molecule has 0 bridgehead atoms. The van der Waals surface area contributed by atoms with Crippen LogP contribution in [-0.4, -0.2) is 23.2 Å². The van der Waals surface area contributed by atoms with Crippen LogP contribution in [-0.2, 0) is 16.6 Å². The normalized spacial score (nSPS) is 19.0. The SMILES string of the molecule is Cc1cc(S(=O)(=O)NC2CCCn3ncnc32)c(C)s1. The summed E-state index contributed by atoms with van der Waals surface area (Å²) in [5.74, 6) is 0.699. The highest BCUT2D eigenvalue weighted by Crippen LogP contribution is 2.28. The molecule has 1 unspecified atom stereocenters. The number of nitrogens with zero attached hydrogens (tertiary/aromatic N) is 3. The molecule has 6 nitrogen and oxygen atoms in total. The summed E-state index contributed by atoms with van der Waals surface area (Å²) < 4.78 is 29.5. The monoisotopic (exact) mass is 312 g/mol. The molecule has 8 heteroatoms. The Bertz CT molecular complexity index is 732. The van der Waals surface area contributed by atoms with Crippen LogP contribution in [0.2, 0.25) is 0 Å². The Kier molecular flexibility index (Phi) is 3.39. The molecule has 0 fully saturated rings. The molecule has 0 aromatic carbocycles. The third kappa shape index (κ3) is 2.38. The van der Waals surface area contributed by atoms with Crippen molar-refractivity contribution in [3.05, 3.63) is 28.0 Å². The van der Waals surface area contributed by atoms with Gasteiger partial charge in [0.1, 0.15) is 12.2 Å². The topological polar surface area (TPSA) is 76.9 Å². The van der Waals surface area contributed by atoms with E-state index in [2.05, 4.69) is 14.8 Å². The highest BCUT2D eigenvalue weighted by molar-refractivity contribution is 7.89. The van der Waals surface area contributed by atoms with Crippen molar-refractivity contribution in [2.45, 2.75) is 44.2 Å². The summed E-state index contributed by atoms with van der Waals surface area (Å²) in [6, 6.07) is 1.42. The van der Waals surface area contributed by atoms with E-state index in [1.807, 2.05) is 13.8 Å². The Morgan fingerprint density at radius 1 is 1.45 bits per heavy atom. The Labute approximate surface area is 121 Å². The average molecular weight is 312 g/mol. The lowest BCUT2D eigenvalue weighted by Gasteiger charge is -2.22. The molecule has 0 saturated heterocycles. The van der Waals surface area contributed by atoms with Crippen molar-refractivity contribution in [1.82, 2.24) is 19.5 Å². The van der Waals surface area contributed by atoms with Crippen molar-refractivity contribution in [2.24, 2.45) is 0 Å². The van der Waals surface area contributed by atoms with Crippen molar-refractivity contribution < 1.29 is 8.42 Å². The van der Waals surface area contributed by atoms with Crippen LogP contribution in [0.3, 0.4) is 0 Å². The van der Waals surface area contributed by atoms with Crippen LogP contribution < -0.4 is 4.72 Å². The number of aryl methyl sites for hydroxylation is 3. The number of hydrogen-bond donors (Lipinski definition) is 1. The smallest absolute Gasteiger partial charge is 0.242 e. The first-order valence-electron chi connectivity index (χ1n) is 6.44. The molecule has 0 aliphatic carbocycles. The van der Waals surface area contributed by atoms with Gasteiger partial charge in [0.2, 0.25) is 10.0 Å². The maximum absolute atomic E-state index is 12.5. The first-order valence-corrected chi connectivity index (χ1v) is 8.74. The molecular weight excluding hydrogens is 296 g/mol. The Hall–Kier alpha value is -1.25. The van der Waals surface area contributed by atoms with Crippen molar-refractivity contribution >= 4 is 21.4 Å². The zero-order valence-corrected chi connectivity index (χ0v) is 13.0. The van der Waals surface area contributed by atoms with Gasteiger partial charge in [0.05, 0.1) is 10.9 Å². The van der Waals surface area contributed by atoms with Gasteiger partial charge in [-0.3, -0.25) is 0 Å². The largest absolute Gasteiger partial charge is 0.248 e. The van der Waals surface area contributed by atoms with Gasteiger partial charge in [0, 0.05) is 16.3 Å². The van der Waals surface area contributed by atoms with Crippen molar-refractivity contribution in [1.29, 1.82) is 0 Å². The van der Waals surface area contributed by atoms with E-state index in [0.29, 0.717) is 10.7 Å². The molecule has 3 rings (SSSR count). The van der Waals surface area contributed by atoms with E-state index >= 15 is 0 Å². The highest BCUT2D eigenvalue weighted by atomic mass is 32.2. The fourth-order valence-corrected chi connectivity index (χ4v) is 5.31. The molecule has 1 aliphatic rings. The van der Waals surface area contributed by atoms with Gasteiger partial charge in [0.25, 0.3) is 0 Å². The highest BCUT2D eigenvalue weighted by Gasteiger charge is 2.29. The molecule has 2 aromatic rings. The standard InChI is InChI=1S/C12H16N4O2S2/c1-8-6-11(9(2)19-8)20(17,18)15-10-4-3-5-16-12(10)13-7-14-16/h6-7,10,15H,3-5H2,1-2H3. The molecule has 0 spiro atoms. The second-order valence-corrected chi connectivity index (χ2v) is 8.08. The summed E-state index contributed by atoms with van der Waals surface area (Å²) in [4.78, 5) is 6.35. The number of nitrogens with one attached hydrogen (secondary N) is 1. The number of aromatic nitrogens is 3. The van der Waals surface area contributed by atoms with E-state index in [-0.39, 0.29) is 6.04 Å². The lowest BCUT2D eigenvalue weighted by atomic mass is 10.1. The fraction of sp³-hybridized carbons (Fsp3) is 0.500. The molecule has 0 saturated carbocycles. The van der Waals surface area contributed by atoms with Gasteiger partial charge in [-0.2, -0.15) is 5.10 Å². The maximum atomic E-state index is 12.5. The molecule has 1 N–H and O–H groups in total. The van der Waals surface area contributed by atoms with Crippen LogP contribution in [0.4, 0.5) is 0 Å². The van der Waals surface area contributed by atoms with Gasteiger partial charge in [-0.15, -0.1) is 11.3 Å². The van der Waals surface area contributed by atoms with Gasteiger partial charge in [0.15, 0.2) is 0 Å². The average Bonchev–Trinajstić information content (AvgIpc) is 2.96. The second kappa shape index (κ2) is 4.94. The van der Waals surface area contributed by atoms with Crippen molar-refractivity contribution in [2.75, 3.05) is 0 Å². The summed E-state index contributed by atoms with van der Waals surface area (Å²) in [6.45, 7) is 4.54. The first kappa shape index (κ1) is 13.7. The van der Waals surface area contributed by atoms with Crippen LogP contribution in [0.25, 0.3) is 0 Å². The minimum Gasteiger partial charge on any atom is -0.248 e. The summed E-state index contributed by atoms with van der Waals surface area (Å²) in [7, 11) is -3.51. The number of thiophene rings is 1. The summed E-state index contributed by atoms with van der Waals surface area (Å²) in [5.41, 5.74) is 0. The summed E-state index contributed by atoms with van der Waals surface area (Å²) in [5, 5.41) is 4.10. The minimum absolute atomic E-state index is 0.296. The van der Waals surface area contributed by atoms with Crippen LogP contribution in [0.5, 0.6) is 0 Å². The second-order valence-electron chi connectivity index (χ2n) is 4.93. The molecule has 0 amide bonds. The number of fused-ring (bicyclic) bond motifs is 1. The first-order chi connectivity index (χ1) is 9.47. The maximum Gasteiger partial charge on any atom is 0.242 e. The zero-order valence-electron chi connectivity index (χ0n) is 11.3. The minimum atomic E-state index is -3.51. The molecule has 1 aliphatic heterocycles. The van der Waals surface area contributed by atoms with E-state index in [1.165, 1.54) is 17.7 Å². The Morgan fingerprint density at radius 2 is 2.25 bits per heavy atom. The molecule has 2 aromatic heterocycles. The van der Waals surface area contributed by atoms with Gasteiger partial charge in [-0.05, 0) is 32.8 Å². The fourth-order valence-electron chi connectivity index (χ4n) is 2.53. The number of sulfonamides is 1. The van der Waals surface area contributed by atoms with E-state index in [1.54, 1.807) is 10.7 Å². The summed E-state index contributed by atoms with van der Waals surface area (Å²) >= 11 is 1.49. The number of rotatable bonds is 3.